The van der Waals surface area contributed by atoms with Crippen molar-refractivity contribution in [3.8, 4) is 11.8 Å². The Bertz CT molecular complexity index is 690. The molecule has 20 heavy (non-hydrogen) atoms. The van der Waals surface area contributed by atoms with Crippen LogP contribution in [0.4, 0.5) is 5.69 Å². The van der Waals surface area contributed by atoms with Gasteiger partial charge in [0.15, 0.2) is 5.76 Å². The van der Waals surface area contributed by atoms with E-state index >= 15 is 0 Å². The van der Waals surface area contributed by atoms with Crippen molar-refractivity contribution in [2.24, 2.45) is 5.73 Å². The maximum atomic E-state index is 12.1. The van der Waals surface area contributed by atoms with Crippen molar-refractivity contribution >= 4 is 11.6 Å². The maximum absolute atomic E-state index is 12.1. The molecular formula is C16H16N2O2. The summed E-state index contributed by atoms with van der Waals surface area (Å²) in [6.07, 6.45) is 1.50. The van der Waals surface area contributed by atoms with Gasteiger partial charge in [0.2, 0.25) is 0 Å². The van der Waals surface area contributed by atoms with Crippen LogP contribution in [0.5, 0.6) is 0 Å². The number of anilines is 1. The largest absolute Gasteiger partial charge is 0.459 e. The van der Waals surface area contributed by atoms with Gasteiger partial charge in [-0.3, -0.25) is 4.79 Å². The number of carbonyl (C=O) groups is 1. The van der Waals surface area contributed by atoms with Crippen molar-refractivity contribution in [2.45, 2.75) is 13.8 Å². The molecule has 102 valence electrons. The van der Waals surface area contributed by atoms with Gasteiger partial charge in [-0.25, -0.2) is 0 Å². The standard InChI is InChI=1S/C16H16N2O2/c1-11-5-6-13(4-3-8-17)10-14(11)18-16(19)15-12(2)7-9-20-15/h5-7,9-10H,8,17H2,1-2H3,(H,18,19). The summed E-state index contributed by atoms with van der Waals surface area (Å²) in [5.74, 6) is 5.79. The van der Waals surface area contributed by atoms with Crippen LogP contribution in [0.25, 0.3) is 0 Å². The second-order valence-corrected chi connectivity index (χ2v) is 4.42. The second-order valence-electron chi connectivity index (χ2n) is 4.42. The summed E-state index contributed by atoms with van der Waals surface area (Å²) in [7, 11) is 0. The van der Waals surface area contributed by atoms with Crippen LogP contribution in [-0.2, 0) is 0 Å². The first-order chi connectivity index (χ1) is 9.61. The molecule has 1 amide bonds. The second kappa shape index (κ2) is 6.09. The number of rotatable bonds is 2. The first-order valence-electron chi connectivity index (χ1n) is 6.27. The van der Waals surface area contributed by atoms with E-state index in [1.54, 1.807) is 6.07 Å². The monoisotopic (exact) mass is 268 g/mol. The van der Waals surface area contributed by atoms with Crippen molar-refractivity contribution in [3.63, 3.8) is 0 Å². The van der Waals surface area contributed by atoms with Gasteiger partial charge < -0.3 is 15.5 Å². The lowest BCUT2D eigenvalue weighted by molar-refractivity contribution is 0.0996. The normalized spacial score (nSPS) is 9.75. The van der Waals surface area contributed by atoms with Crippen molar-refractivity contribution < 1.29 is 9.21 Å². The molecule has 0 spiro atoms. The van der Waals surface area contributed by atoms with Crippen LogP contribution in [-0.4, -0.2) is 12.5 Å². The van der Waals surface area contributed by atoms with Gasteiger partial charge in [-0.2, -0.15) is 0 Å². The van der Waals surface area contributed by atoms with Gasteiger partial charge in [0.1, 0.15) is 0 Å². The van der Waals surface area contributed by atoms with Gasteiger partial charge in [0, 0.05) is 16.8 Å². The summed E-state index contributed by atoms with van der Waals surface area (Å²) in [5.41, 5.74) is 8.64. The van der Waals surface area contributed by atoms with Crippen LogP contribution in [0.15, 0.2) is 34.9 Å². The molecule has 0 aliphatic carbocycles. The van der Waals surface area contributed by atoms with E-state index in [1.807, 2.05) is 32.0 Å². The third-order valence-electron chi connectivity index (χ3n) is 2.89. The maximum Gasteiger partial charge on any atom is 0.291 e. The Morgan fingerprint density at radius 2 is 2.10 bits per heavy atom. The van der Waals surface area contributed by atoms with E-state index in [9.17, 15) is 4.79 Å². The fraction of sp³-hybridized carbons (Fsp3) is 0.188. The Morgan fingerprint density at radius 1 is 1.30 bits per heavy atom. The molecule has 1 aromatic carbocycles. The minimum Gasteiger partial charge on any atom is -0.459 e. The summed E-state index contributed by atoms with van der Waals surface area (Å²) in [5, 5.41) is 2.84. The van der Waals surface area contributed by atoms with Crippen LogP contribution in [0, 0.1) is 25.7 Å². The highest BCUT2D eigenvalue weighted by Gasteiger charge is 2.13. The Hall–Kier alpha value is -2.51. The first-order valence-corrected chi connectivity index (χ1v) is 6.27. The van der Waals surface area contributed by atoms with Gasteiger partial charge in [-0.1, -0.05) is 17.9 Å². The molecule has 1 heterocycles. The lowest BCUT2D eigenvalue weighted by Gasteiger charge is -2.08. The quantitative estimate of drug-likeness (QED) is 0.822. The number of aryl methyl sites for hydroxylation is 2. The van der Waals surface area contributed by atoms with Crippen LogP contribution in [0.1, 0.15) is 27.2 Å². The Labute approximate surface area is 118 Å². The van der Waals surface area contributed by atoms with Crippen LogP contribution < -0.4 is 11.1 Å². The molecular weight excluding hydrogens is 252 g/mol. The summed E-state index contributed by atoms with van der Waals surface area (Å²) in [4.78, 5) is 12.1. The molecule has 0 aliphatic rings. The summed E-state index contributed by atoms with van der Waals surface area (Å²) in [6.45, 7) is 4.06. The number of amides is 1. The predicted octanol–water partition coefficient (Wildman–Crippen LogP) is 2.46. The number of nitrogens with two attached hydrogens (primary N) is 1. The first kappa shape index (κ1) is 13.9. The zero-order valence-electron chi connectivity index (χ0n) is 11.5. The van der Waals surface area contributed by atoms with E-state index in [0.717, 1.165) is 22.4 Å². The lowest BCUT2D eigenvalue weighted by Crippen LogP contribution is -2.13. The lowest BCUT2D eigenvalue weighted by atomic mass is 10.1. The molecule has 2 aromatic rings. The molecule has 2 rings (SSSR count). The third-order valence-corrected chi connectivity index (χ3v) is 2.89. The molecule has 3 N–H and O–H groups in total. The van der Waals surface area contributed by atoms with Gasteiger partial charge in [0.25, 0.3) is 5.91 Å². The number of furan rings is 1. The molecule has 0 atom stereocenters. The van der Waals surface area contributed by atoms with Gasteiger partial charge in [0.05, 0.1) is 12.8 Å². The van der Waals surface area contributed by atoms with E-state index in [0.29, 0.717) is 12.3 Å². The van der Waals surface area contributed by atoms with E-state index in [4.69, 9.17) is 10.2 Å². The average molecular weight is 268 g/mol. The minimum atomic E-state index is -0.264. The van der Waals surface area contributed by atoms with E-state index < -0.39 is 0 Å². The smallest absolute Gasteiger partial charge is 0.291 e. The molecule has 0 unspecified atom stereocenters. The summed E-state index contributed by atoms with van der Waals surface area (Å²) >= 11 is 0. The van der Waals surface area contributed by atoms with Crippen molar-refractivity contribution in [1.82, 2.24) is 0 Å². The number of carbonyl (C=O) groups excluding carboxylic acids is 1. The SMILES string of the molecule is Cc1ccc(C#CCN)cc1NC(=O)c1occc1C. The topological polar surface area (TPSA) is 68.3 Å². The van der Waals surface area contributed by atoms with E-state index in [2.05, 4.69) is 17.2 Å². The van der Waals surface area contributed by atoms with Gasteiger partial charge in [-0.15, -0.1) is 0 Å². The Kier molecular flexibility index (Phi) is 4.24. The van der Waals surface area contributed by atoms with Crippen molar-refractivity contribution in [1.29, 1.82) is 0 Å². The number of hydrogen-bond acceptors (Lipinski definition) is 3. The number of nitrogens with one attached hydrogen (secondary N) is 1. The van der Waals surface area contributed by atoms with Crippen LogP contribution in [0.3, 0.4) is 0 Å². The molecule has 0 radical (unpaired) electrons. The molecule has 0 bridgehead atoms. The van der Waals surface area contributed by atoms with E-state index in [-0.39, 0.29) is 5.91 Å². The van der Waals surface area contributed by atoms with Gasteiger partial charge >= 0.3 is 0 Å². The van der Waals surface area contributed by atoms with Gasteiger partial charge in [-0.05, 0) is 37.6 Å². The number of hydrogen-bond donors (Lipinski definition) is 2. The predicted molar refractivity (Wildman–Crippen MR) is 78.5 cm³/mol. The molecule has 0 saturated carbocycles. The Morgan fingerprint density at radius 3 is 2.75 bits per heavy atom. The minimum absolute atomic E-state index is 0.264. The highest BCUT2D eigenvalue weighted by Crippen LogP contribution is 2.18. The van der Waals surface area contributed by atoms with Crippen LogP contribution >= 0.6 is 0 Å². The molecule has 1 aromatic heterocycles. The molecule has 0 saturated heterocycles. The van der Waals surface area contributed by atoms with Crippen molar-refractivity contribution in [2.75, 3.05) is 11.9 Å². The molecule has 4 heteroatoms. The number of benzene rings is 1. The summed E-state index contributed by atoms with van der Waals surface area (Å²) < 4.78 is 5.18. The third kappa shape index (κ3) is 3.08. The zero-order valence-corrected chi connectivity index (χ0v) is 11.5. The van der Waals surface area contributed by atoms with Crippen molar-refractivity contribution in [3.05, 3.63) is 53.0 Å². The summed E-state index contributed by atoms with van der Waals surface area (Å²) in [6, 6.07) is 7.38. The Balaban J connectivity index is 2.25. The van der Waals surface area contributed by atoms with E-state index in [1.165, 1.54) is 6.26 Å². The fourth-order valence-corrected chi connectivity index (χ4v) is 1.77. The molecule has 0 fully saturated rings. The van der Waals surface area contributed by atoms with Crippen LogP contribution in [0.2, 0.25) is 0 Å². The molecule has 4 nitrogen and oxygen atoms in total. The highest BCUT2D eigenvalue weighted by molar-refractivity contribution is 6.03. The zero-order chi connectivity index (χ0) is 14.5. The highest BCUT2D eigenvalue weighted by atomic mass is 16.3. The average Bonchev–Trinajstić information content (AvgIpc) is 2.86. The fourth-order valence-electron chi connectivity index (χ4n) is 1.77. The molecule has 0 aliphatic heterocycles.